The van der Waals surface area contributed by atoms with E-state index in [9.17, 15) is 0 Å². The Balaban J connectivity index is 0.000000671. The lowest BCUT2D eigenvalue weighted by Crippen LogP contribution is -1.96. The molecule has 0 saturated heterocycles. The van der Waals surface area contributed by atoms with Gasteiger partial charge in [-0.15, -0.1) is 0 Å². The fourth-order valence-electron chi connectivity index (χ4n) is 1.04. The van der Waals surface area contributed by atoms with E-state index >= 15 is 0 Å². The van der Waals surface area contributed by atoms with Gasteiger partial charge in [-0.2, -0.15) is 0 Å². The second kappa shape index (κ2) is 6.67. The van der Waals surface area contributed by atoms with Gasteiger partial charge in [-0.25, -0.2) is 0 Å². The summed E-state index contributed by atoms with van der Waals surface area (Å²) in [4.78, 5) is 0. The Kier molecular flexibility index (Phi) is 6.25. The molecule has 0 aliphatic rings. The predicted molar refractivity (Wildman–Crippen MR) is 59.8 cm³/mol. The van der Waals surface area contributed by atoms with Crippen LogP contribution in [0.3, 0.4) is 0 Å². The molecule has 0 saturated carbocycles. The van der Waals surface area contributed by atoms with Crippen molar-refractivity contribution in [3.63, 3.8) is 0 Å². The molecule has 0 atom stereocenters. The third-order valence-corrected chi connectivity index (χ3v) is 1.88. The monoisotopic (exact) mass is 179 g/mol. The Morgan fingerprint density at radius 2 is 1.54 bits per heavy atom. The minimum absolute atomic E-state index is 0.613. The van der Waals surface area contributed by atoms with Crippen LogP contribution in [0, 0.1) is 0 Å². The lowest BCUT2D eigenvalue weighted by molar-refractivity contribution is 0.864. The summed E-state index contributed by atoms with van der Waals surface area (Å²) in [6, 6.07) is 8.48. The Morgan fingerprint density at radius 3 is 1.85 bits per heavy atom. The molecule has 0 bridgehead atoms. The molecule has 0 aromatic heterocycles. The van der Waals surface area contributed by atoms with Crippen molar-refractivity contribution in [1.82, 2.24) is 0 Å². The van der Waals surface area contributed by atoms with Crippen molar-refractivity contribution in [2.24, 2.45) is 5.73 Å². The van der Waals surface area contributed by atoms with Crippen LogP contribution in [0.1, 0.15) is 44.7 Å². The zero-order chi connectivity index (χ0) is 10.3. The molecule has 0 fully saturated rings. The molecular formula is C12H21N. The summed E-state index contributed by atoms with van der Waals surface area (Å²) >= 11 is 0. The average molecular weight is 179 g/mol. The van der Waals surface area contributed by atoms with Gasteiger partial charge in [0.25, 0.3) is 0 Å². The zero-order valence-electron chi connectivity index (χ0n) is 9.17. The third-order valence-electron chi connectivity index (χ3n) is 1.88. The molecular weight excluding hydrogens is 158 g/mol. The molecule has 1 nitrogen and oxygen atoms in total. The van der Waals surface area contributed by atoms with Crippen LogP contribution in [0.4, 0.5) is 0 Å². The number of nitrogens with two attached hydrogens (primary N) is 1. The van der Waals surface area contributed by atoms with E-state index in [1.54, 1.807) is 0 Å². The van der Waals surface area contributed by atoms with E-state index in [0.717, 1.165) is 0 Å². The van der Waals surface area contributed by atoms with E-state index in [1.165, 1.54) is 11.1 Å². The van der Waals surface area contributed by atoms with E-state index in [0.29, 0.717) is 12.5 Å². The maximum Gasteiger partial charge on any atom is 0.0178 e. The molecule has 2 N–H and O–H groups in total. The molecule has 0 amide bonds. The summed E-state index contributed by atoms with van der Waals surface area (Å²) in [6.07, 6.45) is 0. The smallest absolute Gasteiger partial charge is 0.0178 e. The molecule has 0 heterocycles. The Bertz CT molecular complexity index is 211. The Labute approximate surface area is 82.0 Å². The fourth-order valence-corrected chi connectivity index (χ4v) is 1.04. The molecule has 1 aromatic carbocycles. The summed E-state index contributed by atoms with van der Waals surface area (Å²) in [5, 5.41) is 0. The molecule has 0 aliphatic heterocycles. The highest BCUT2D eigenvalue weighted by Crippen LogP contribution is 2.14. The van der Waals surface area contributed by atoms with E-state index in [1.807, 2.05) is 13.8 Å². The van der Waals surface area contributed by atoms with Crippen molar-refractivity contribution in [3.8, 4) is 0 Å². The molecule has 0 aliphatic carbocycles. The van der Waals surface area contributed by atoms with Crippen molar-refractivity contribution < 1.29 is 0 Å². The maximum absolute atomic E-state index is 5.48. The van der Waals surface area contributed by atoms with Crippen LogP contribution in [-0.2, 0) is 6.54 Å². The van der Waals surface area contributed by atoms with Crippen molar-refractivity contribution in [2.75, 3.05) is 0 Å². The second-order valence-corrected chi connectivity index (χ2v) is 3.10. The van der Waals surface area contributed by atoms with Crippen LogP contribution >= 0.6 is 0 Å². The van der Waals surface area contributed by atoms with Crippen LogP contribution in [0.15, 0.2) is 24.3 Å². The molecule has 1 heteroatoms. The van der Waals surface area contributed by atoms with E-state index in [4.69, 9.17) is 5.73 Å². The van der Waals surface area contributed by atoms with Crippen molar-refractivity contribution in [3.05, 3.63) is 35.4 Å². The van der Waals surface area contributed by atoms with Crippen LogP contribution in [-0.4, -0.2) is 0 Å². The summed E-state index contributed by atoms with van der Waals surface area (Å²) in [5.41, 5.74) is 8.06. The average Bonchev–Trinajstić information content (AvgIpc) is 2.21. The quantitative estimate of drug-likeness (QED) is 0.740. The SMILES string of the molecule is CC.CC(C)c1ccc(CN)cc1. The summed E-state index contributed by atoms with van der Waals surface area (Å²) in [5.74, 6) is 0.613. The van der Waals surface area contributed by atoms with Crippen molar-refractivity contribution >= 4 is 0 Å². The van der Waals surface area contributed by atoms with Gasteiger partial charge >= 0.3 is 0 Å². The normalized spacial score (nSPS) is 9.38. The molecule has 1 rings (SSSR count). The first-order valence-corrected chi connectivity index (χ1v) is 5.03. The summed E-state index contributed by atoms with van der Waals surface area (Å²) in [6.45, 7) is 9.02. The van der Waals surface area contributed by atoms with Crippen LogP contribution < -0.4 is 5.73 Å². The summed E-state index contributed by atoms with van der Waals surface area (Å²) in [7, 11) is 0. The van der Waals surface area contributed by atoms with Crippen LogP contribution in [0.5, 0.6) is 0 Å². The van der Waals surface area contributed by atoms with Crippen LogP contribution in [0.25, 0.3) is 0 Å². The number of hydrogen-bond acceptors (Lipinski definition) is 1. The number of benzene rings is 1. The minimum atomic E-state index is 0.613. The minimum Gasteiger partial charge on any atom is -0.326 e. The molecule has 1 aromatic rings. The molecule has 0 unspecified atom stereocenters. The topological polar surface area (TPSA) is 26.0 Å². The van der Waals surface area contributed by atoms with E-state index in [2.05, 4.69) is 38.1 Å². The van der Waals surface area contributed by atoms with Gasteiger partial charge in [0.15, 0.2) is 0 Å². The number of hydrogen-bond donors (Lipinski definition) is 1. The molecule has 0 radical (unpaired) electrons. The Hall–Kier alpha value is -0.820. The molecule has 13 heavy (non-hydrogen) atoms. The second-order valence-electron chi connectivity index (χ2n) is 3.10. The summed E-state index contributed by atoms with van der Waals surface area (Å²) < 4.78 is 0. The first-order chi connectivity index (χ1) is 6.24. The van der Waals surface area contributed by atoms with E-state index < -0.39 is 0 Å². The highest BCUT2D eigenvalue weighted by atomic mass is 14.5. The number of rotatable bonds is 2. The van der Waals surface area contributed by atoms with Gasteiger partial charge in [0.05, 0.1) is 0 Å². The highest BCUT2D eigenvalue weighted by molar-refractivity contribution is 5.24. The molecule has 0 spiro atoms. The third kappa shape index (κ3) is 4.09. The largest absolute Gasteiger partial charge is 0.326 e. The predicted octanol–water partition coefficient (Wildman–Crippen LogP) is 3.29. The van der Waals surface area contributed by atoms with E-state index in [-0.39, 0.29) is 0 Å². The van der Waals surface area contributed by atoms with Gasteiger partial charge in [0, 0.05) is 6.54 Å². The highest BCUT2D eigenvalue weighted by Gasteiger charge is 1.96. The van der Waals surface area contributed by atoms with Gasteiger partial charge < -0.3 is 5.73 Å². The van der Waals surface area contributed by atoms with Gasteiger partial charge in [0.2, 0.25) is 0 Å². The fraction of sp³-hybridized carbons (Fsp3) is 0.500. The maximum atomic E-state index is 5.48. The van der Waals surface area contributed by atoms with Crippen molar-refractivity contribution in [2.45, 2.75) is 40.2 Å². The van der Waals surface area contributed by atoms with Crippen LogP contribution in [0.2, 0.25) is 0 Å². The molecule has 74 valence electrons. The van der Waals surface area contributed by atoms with Gasteiger partial charge in [0.1, 0.15) is 0 Å². The Morgan fingerprint density at radius 1 is 1.08 bits per heavy atom. The van der Waals surface area contributed by atoms with Gasteiger partial charge in [-0.3, -0.25) is 0 Å². The van der Waals surface area contributed by atoms with Crippen molar-refractivity contribution in [1.29, 1.82) is 0 Å². The van der Waals surface area contributed by atoms with Gasteiger partial charge in [-0.05, 0) is 17.0 Å². The lowest BCUT2D eigenvalue weighted by atomic mass is 10.0. The zero-order valence-corrected chi connectivity index (χ0v) is 9.17. The van der Waals surface area contributed by atoms with Gasteiger partial charge in [-0.1, -0.05) is 52.0 Å². The first kappa shape index (κ1) is 12.2. The standard InChI is InChI=1S/C10H15N.C2H6/c1-8(2)10-5-3-9(7-11)4-6-10;1-2/h3-6,8H,7,11H2,1-2H3;1-2H3. The first-order valence-electron chi connectivity index (χ1n) is 5.03. The lowest BCUT2D eigenvalue weighted by Gasteiger charge is -2.04.